The molecule has 1 aromatic heterocycles. The highest BCUT2D eigenvalue weighted by atomic mass is 35.5. The Morgan fingerprint density at radius 1 is 1.59 bits per heavy atom. The molecule has 0 unspecified atom stereocenters. The van der Waals surface area contributed by atoms with Gasteiger partial charge in [-0.25, -0.2) is 4.98 Å². The number of likely N-dealkylation sites (N-methyl/N-ethyl adjacent to an activating group) is 1. The van der Waals surface area contributed by atoms with Crippen LogP contribution in [0.3, 0.4) is 0 Å². The molecule has 1 N–H and O–H groups in total. The van der Waals surface area contributed by atoms with Crippen LogP contribution in [0.15, 0.2) is 18.3 Å². The number of hydrogen-bond donors (Lipinski definition) is 1. The summed E-state index contributed by atoms with van der Waals surface area (Å²) in [6.45, 7) is 1.56. The van der Waals surface area contributed by atoms with E-state index in [-0.39, 0.29) is 5.91 Å². The van der Waals surface area contributed by atoms with Crippen molar-refractivity contribution in [3.05, 3.63) is 29.0 Å². The van der Waals surface area contributed by atoms with Crippen LogP contribution in [0.2, 0.25) is 5.02 Å². The second kappa shape index (κ2) is 5.47. The molecule has 17 heavy (non-hydrogen) atoms. The number of pyridine rings is 1. The molecule has 0 radical (unpaired) electrons. The molecule has 92 valence electrons. The fourth-order valence-corrected chi connectivity index (χ4v) is 2.17. The number of amides is 1. The maximum atomic E-state index is 12.2. The Hall–Kier alpha value is -1.13. The monoisotopic (exact) mass is 253 g/mol. The smallest absolute Gasteiger partial charge is 0.272 e. The topological polar surface area (TPSA) is 45.2 Å². The van der Waals surface area contributed by atoms with E-state index in [1.807, 2.05) is 11.9 Å². The van der Waals surface area contributed by atoms with Gasteiger partial charge in [-0.15, -0.1) is 0 Å². The quantitative estimate of drug-likeness (QED) is 0.870. The Labute approximate surface area is 106 Å². The average Bonchev–Trinajstić information content (AvgIpc) is 2.39. The molecule has 0 bridgehead atoms. The third-order valence-corrected chi connectivity index (χ3v) is 3.29. The summed E-state index contributed by atoms with van der Waals surface area (Å²) in [5.41, 5.74) is 0.464. The molecule has 1 aliphatic heterocycles. The molecule has 0 saturated carbocycles. The highest BCUT2D eigenvalue weighted by Crippen LogP contribution is 2.14. The summed E-state index contributed by atoms with van der Waals surface area (Å²) in [5, 5.41) is 3.76. The van der Waals surface area contributed by atoms with E-state index in [0.717, 1.165) is 25.9 Å². The van der Waals surface area contributed by atoms with Gasteiger partial charge in [0.1, 0.15) is 5.69 Å². The van der Waals surface area contributed by atoms with Crippen molar-refractivity contribution in [2.75, 3.05) is 20.1 Å². The van der Waals surface area contributed by atoms with Gasteiger partial charge < -0.3 is 10.2 Å². The summed E-state index contributed by atoms with van der Waals surface area (Å²) in [7, 11) is 1.93. The van der Waals surface area contributed by atoms with Crippen LogP contribution in [-0.2, 0) is 0 Å². The number of nitrogens with zero attached hydrogens (tertiary/aromatic N) is 2. The Morgan fingerprint density at radius 3 is 3.06 bits per heavy atom. The third kappa shape index (κ3) is 2.96. The molecule has 2 heterocycles. The summed E-state index contributed by atoms with van der Waals surface area (Å²) in [6, 6.07) is 3.76. The standard InChI is InChI=1S/C12H16ClN3O/c1-14-10-3-2-6-16(8-10)12(17)11-5-4-9(13)7-15-11/h4-5,7,10,14H,2-3,6,8H2,1H3/t10-/m0/s1. The molecular weight excluding hydrogens is 238 g/mol. The number of likely N-dealkylation sites (tertiary alicyclic amines) is 1. The molecule has 5 heteroatoms. The SMILES string of the molecule is CN[C@H]1CCCN(C(=O)c2ccc(Cl)cn2)C1. The van der Waals surface area contributed by atoms with Gasteiger partial charge in [-0.2, -0.15) is 0 Å². The first-order chi connectivity index (χ1) is 8.20. The van der Waals surface area contributed by atoms with Crippen molar-refractivity contribution in [1.82, 2.24) is 15.2 Å². The van der Waals surface area contributed by atoms with Gasteiger partial charge in [0.2, 0.25) is 0 Å². The van der Waals surface area contributed by atoms with Gasteiger partial charge in [-0.1, -0.05) is 11.6 Å². The van der Waals surface area contributed by atoms with Crippen molar-refractivity contribution in [3.8, 4) is 0 Å². The molecule has 1 saturated heterocycles. The minimum absolute atomic E-state index is 0.0124. The normalized spacial score (nSPS) is 20.4. The van der Waals surface area contributed by atoms with E-state index >= 15 is 0 Å². The number of hydrogen-bond acceptors (Lipinski definition) is 3. The van der Waals surface area contributed by atoms with Crippen LogP contribution < -0.4 is 5.32 Å². The van der Waals surface area contributed by atoms with Gasteiger partial charge in [0.15, 0.2) is 0 Å². The number of piperidine rings is 1. The minimum Gasteiger partial charge on any atom is -0.336 e. The molecule has 1 atom stereocenters. The van der Waals surface area contributed by atoms with Crippen molar-refractivity contribution in [2.45, 2.75) is 18.9 Å². The fourth-order valence-electron chi connectivity index (χ4n) is 2.06. The lowest BCUT2D eigenvalue weighted by Crippen LogP contribution is -2.47. The number of halogens is 1. The lowest BCUT2D eigenvalue weighted by molar-refractivity contribution is 0.0692. The third-order valence-electron chi connectivity index (χ3n) is 3.06. The van der Waals surface area contributed by atoms with Crippen LogP contribution >= 0.6 is 11.6 Å². The number of aromatic nitrogens is 1. The van der Waals surface area contributed by atoms with Crippen LogP contribution in [0.25, 0.3) is 0 Å². The van der Waals surface area contributed by atoms with Crippen molar-refractivity contribution in [2.24, 2.45) is 0 Å². The van der Waals surface area contributed by atoms with Crippen LogP contribution in [-0.4, -0.2) is 42.0 Å². The zero-order valence-corrected chi connectivity index (χ0v) is 10.6. The minimum atomic E-state index is -0.0124. The molecule has 2 rings (SSSR count). The lowest BCUT2D eigenvalue weighted by Gasteiger charge is -2.32. The molecule has 1 fully saturated rings. The van der Waals surface area contributed by atoms with E-state index in [1.165, 1.54) is 6.20 Å². The summed E-state index contributed by atoms with van der Waals surface area (Å²) in [6.07, 6.45) is 3.66. The molecule has 1 amide bonds. The highest BCUT2D eigenvalue weighted by Gasteiger charge is 2.23. The van der Waals surface area contributed by atoms with E-state index in [1.54, 1.807) is 12.1 Å². The summed E-state index contributed by atoms with van der Waals surface area (Å²) < 4.78 is 0. The van der Waals surface area contributed by atoms with Gasteiger partial charge in [-0.05, 0) is 32.0 Å². The Morgan fingerprint density at radius 2 is 2.41 bits per heavy atom. The lowest BCUT2D eigenvalue weighted by atomic mass is 10.1. The average molecular weight is 254 g/mol. The van der Waals surface area contributed by atoms with Crippen LogP contribution in [0.4, 0.5) is 0 Å². The second-order valence-corrected chi connectivity index (χ2v) is 4.68. The maximum Gasteiger partial charge on any atom is 0.272 e. The highest BCUT2D eigenvalue weighted by molar-refractivity contribution is 6.30. The predicted molar refractivity (Wildman–Crippen MR) is 67.2 cm³/mol. The Kier molecular flexibility index (Phi) is 3.97. The molecule has 0 aromatic carbocycles. The number of rotatable bonds is 2. The van der Waals surface area contributed by atoms with Crippen molar-refractivity contribution >= 4 is 17.5 Å². The van der Waals surface area contributed by atoms with Crippen LogP contribution in [0, 0.1) is 0 Å². The molecule has 0 spiro atoms. The molecular formula is C12H16ClN3O. The van der Waals surface area contributed by atoms with Gasteiger partial charge in [0.05, 0.1) is 5.02 Å². The van der Waals surface area contributed by atoms with Crippen molar-refractivity contribution in [3.63, 3.8) is 0 Å². The van der Waals surface area contributed by atoms with E-state index in [0.29, 0.717) is 16.8 Å². The predicted octanol–water partition coefficient (Wildman–Crippen LogP) is 1.56. The fraction of sp³-hybridized carbons (Fsp3) is 0.500. The summed E-state index contributed by atoms with van der Waals surface area (Å²) >= 11 is 5.75. The summed E-state index contributed by atoms with van der Waals surface area (Å²) in [5.74, 6) is -0.0124. The van der Waals surface area contributed by atoms with E-state index in [2.05, 4.69) is 10.3 Å². The first-order valence-corrected chi connectivity index (χ1v) is 6.16. The Balaban J connectivity index is 2.06. The van der Waals surface area contributed by atoms with Crippen molar-refractivity contribution < 1.29 is 4.79 Å². The largest absolute Gasteiger partial charge is 0.336 e. The maximum absolute atomic E-state index is 12.2. The first-order valence-electron chi connectivity index (χ1n) is 5.79. The van der Waals surface area contributed by atoms with Crippen molar-refractivity contribution in [1.29, 1.82) is 0 Å². The molecule has 1 aromatic rings. The zero-order valence-electron chi connectivity index (χ0n) is 9.82. The molecule has 1 aliphatic rings. The molecule has 0 aliphatic carbocycles. The number of carbonyl (C=O) groups excluding carboxylic acids is 1. The van der Waals surface area contributed by atoms with E-state index in [4.69, 9.17) is 11.6 Å². The zero-order chi connectivity index (χ0) is 12.3. The Bertz CT molecular complexity index is 393. The van der Waals surface area contributed by atoms with E-state index in [9.17, 15) is 4.79 Å². The molecule has 4 nitrogen and oxygen atoms in total. The van der Waals surface area contributed by atoms with E-state index < -0.39 is 0 Å². The van der Waals surface area contributed by atoms with Gasteiger partial charge in [-0.3, -0.25) is 4.79 Å². The summed E-state index contributed by atoms with van der Waals surface area (Å²) in [4.78, 5) is 18.1. The first kappa shape index (κ1) is 12.3. The number of nitrogens with one attached hydrogen (secondary N) is 1. The van der Waals surface area contributed by atoms with Gasteiger partial charge >= 0.3 is 0 Å². The van der Waals surface area contributed by atoms with Crippen LogP contribution in [0.5, 0.6) is 0 Å². The second-order valence-electron chi connectivity index (χ2n) is 4.24. The van der Waals surface area contributed by atoms with Crippen LogP contribution in [0.1, 0.15) is 23.3 Å². The van der Waals surface area contributed by atoms with Gasteiger partial charge in [0, 0.05) is 25.3 Å². The number of carbonyl (C=O) groups is 1. The van der Waals surface area contributed by atoms with Gasteiger partial charge in [0.25, 0.3) is 5.91 Å².